The van der Waals surface area contributed by atoms with Gasteiger partial charge in [-0.3, -0.25) is 4.98 Å². The second-order valence-electron chi connectivity index (χ2n) is 6.55. The normalized spacial score (nSPS) is 14.3. The number of rotatable bonds is 4. The van der Waals surface area contributed by atoms with Crippen LogP contribution in [0.3, 0.4) is 0 Å². The van der Waals surface area contributed by atoms with E-state index in [1.54, 1.807) is 13.3 Å². The van der Waals surface area contributed by atoms with Gasteiger partial charge in [-0.25, -0.2) is 4.98 Å². The van der Waals surface area contributed by atoms with E-state index in [4.69, 9.17) is 9.72 Å². The Morgan fingerprint density at radius 3 is 2.43 bits per heavy atom. The highest BCUT2D eigenvalue weighted by molar-refractivity contribution is 5.94. The maximum atomic E-state index is 5.35. The molecule has 150 valence electrons. The molecule has 5 nitrogen and oxygen atoms in total. The number of hydrogen-bond donors (Lipinski definition) is 0. The number of halogens is 2. The average molecular weight is 421 g/mol. The molecule has 0 aliphatic carbocycles. The lowest BCUT2D eigenvalue weighted by molar-refractivity contribution is 0.271. The second-order valence-corrected chi connectivity index (χ2v) is 6.55. The number of likely N-dealkylation sites (N-methyl/N-ethyl adjacent to an activating group) is 1. The van der Waals surface area contributed by atoms with Crippen molar-refractivity contribution in [2.75, 3.05) is 44.7 Å². The lowest BCUT2D eigenvalue weighted by Gasteiger charge is -2.35. The summed E-state index contributed by atoms with van der Waals surface area (Å²) in [6.45, 7) is 7.48. The number of fused-ring (bicyclic) bond motifs is 1. The van der Waals surface area contributed by atoms with Gasteiger partial charge >= 0.3 is 0 Å². The first-order valence-electron chi connectivity index (χ1n) is 9.16. The zero-order valence-electron chi connectivity index (χ0n) is 16.2. The highest BCUT2D eigenvalue weighted by Crippen LogP contribution is 2.30. The molecule has 1 fully saturated rings. The molecule has 3 heterocycles. The summed E-state index contributed by atoms with van der Waals surface area (Å²) in [4.78, 5) is 14.4. The summed E-state index contributed by atoms with van der Waals surface area (Å²) in [5.74, 6) is 1.85. The average Bonchev–Trinajstić information content (AvgIpc) is 2.73. The van der Waals surface area contributed by atoms with Crippen molar-refractivity contribution in [3.63, 3.8) is 0 Å². The van der Waals surface area contributed by atoms with Gasteiger partial charge in [0.15, 0.2) is 0 Å². The van der Waals surface area contributed by atoms with Crippen molar-refractivity contribution in [2.45, 2.75) is 6.92 Å². The van der Waals surface area contributed by atoms with E-state index in [0.29, 0.717) is 0 Å². The van der Waals surface area contributed by atoms with Crippen LogP contribution in [0.25, 0.3) is 22.2 Å². The SMILES string of the molecule is CCN1CCN(c2nc(-c3cc(OC)ccn3)cc3ccccc23)CC1.Cl.Cl. The van der Waals surface area contributed by atoms with Crippen molar-refractivity contribution >= 4 is 41.4 Å². The van der Waals surface area contributed by atoms with Gasteiger partial charge in [0.1, 0.15) is 11.6 Å². The van der Waals surface area contributed by atoms with Crippen molar-refractivity contribution in [3.8, 4) is 17.1 Å². The molecule has 4 rings (SSSR count). The van der Waals surface area contributed by atoms with Crippen molar-refractivity contribution in [1.82, 2.24) is 14.9 Å². The maximum absolute atomic E-state index is 5.35. The number of piperazine rings is 1. The topological polar surface area (TPSA) is 41.5 Å². The minimum absolute atomic E-state index is 0. The van der Waals surface area contributed by atoms with E-state index < -0.39 is 0 Å². The predicted molar refractivity (Wildman–Crippen MR) is 120 cm³/mol. The number of anilines is 1. The Hall–Kier alpha value is -2.08. The molecule has 1 aliphatic heterocycles. The van der Waals surface area contributed by atoms with Crippen LogP contribution in [-0.2, 0) is 0 Å². The molecular weight excluding hydrogens is 395 g/mol. The van der Waals surface area contributed by atoms with Crippen molar-refractivity contribution < 1.29 is 4.74 Å². The molecular formula is C21H26Cl2N4O. The zero-order chi connectivity index (χ0) is 17.9. The van der Waals surface area contributed by atoms with E-state index in [1.807, 2.05) is 12.1 Å². The minimum Gasteiger partial charge on any atom is -0.497 e. The first kappa shape index (κ1) is 22.2. The van der Waals surface area contributed by atoms with Crippen molar-refractivity contribution in [2.24, 2.45) is 0 Å². The van der Waals surface area contributed by atoms with Crippen molar-refractivity contribution in [3.05, 3.63) is 48.7 Å². The number of pyridine rings is 2. The van der Waals surface area contributed by atoms with E-state index in [9.17, 15) is 0 Å². The quantitative estimate of drug-likeness (QED) is 0.629. The lowest BCUT2D eigenvalue weighted by Crippen LogP contribution is -2.46. The van der Waals surface area contributed by atoms with Crippen LogP contribution in [0.4, 0.5) is 5.82 Å². The molecule has 0 spiro atoms. The summed E-state index contributed by atoms with van der Waals surface area (Å²) in [6.07, 6.45) is 1.77. The van der Waals surface area contributed by atoms with Crippen LogP contribution >= 0.6 is 24.8 Å². The van der Waals surface area contributed by atoms with Gasteiger partial charge in [-0.15, -0.1) is 24.8 Å². The van der Waals surface area contributed by atoms with E-state index >= 15 is 0 Å². The molecule has 0 radical (unpaired) electrons. The van der Waals surface area contributed by atoms with Crippen LogP contribution in [0.15, 0.2) is 48.7 Å². The van der Waals surface area contributed by atoms with Gasteiger partial charge in [-0.1, -0.05) is 31.2 Å². The summed E-state index contributed by atoms with van der Waals surface area (Å²) in [5.41, 5.74) is 1.72. The summed E-state index contributed by atoms with van der Waals surface area (Å²) < 4.78 is 5.35. The number of nitrogens with zero attached hydrogens (tertiary/aromatic N) is 4. The molecule has 0 bridgehead atoms. The Kier molecular flexibility index (Phi) is 7.87. The van der Waals surface area contributed by atoms with Gasteiger partial charge in [0.25, 0.3) is 0 Å². The van der Waals surface area contributed by atoms with Gasteiger partial charge < -0.3 is 14.5 Å². The van der Waals surface area contributed by atoms with E-state index in [0.717, 1.165) is 55.7 Å². The van der Waals surface area contributed by atoms with Crippen LogP contribution in [0.5, 0.6) is 5.75 Å². The molecule has 28 heavy (non-hydrogen) atoms. The highest BCUT2D eigenvalue weighted by atomic mass is 35.5. The third-order valence-corrected chi connectivity index (χ3v) is 5.07. The van der Waals surface area contributed by atoms with Crippen LogP contribution in [0.1, 0.15) is 6.92 Å². The number of ether oxygens (including phenoxy) is 1. The van der Waals surface area contributed by atoms with Crippen LogP contribution < -0.4 is 9.64 Å². The molecule has 1 aromatic carbocycles. The van der Waals surface area contributed by atoms with Gasteiger partial charge in [-0.05, 0) is 24.1 Å². The molecule has 1 saturated heterocycles. The standard InChI is InChI=1S/C21H24N4O.2ClH/c1-3-24-10-12-25(13-11-24)21-18-7-5-4-6-16(18)14-20(23-21)19-15-17(26-2)8-9-22-19;;/h4-9,14-15H,3,10-13H2,1-2H3;2*1H. The summed E-state index contributed by atoms with van der Waals surface area (Å²) in [5, 5.41) is 2.39. The lowest BCUT2D eigenvalue weighted by atomic mass is 10.1. The summed E-state index contributed by atoms with van der Waals surface area (Å²) >= 11 is 0. The molecule has 0 unspecified atom stereocenters. The number of benzene rings is 1. The Morgan fingerprint density at radius 1 is 0.964 bits per heavy atom. The van der Waals surface area contributed by atoms with Crippen LogP contribution in [0, 0.1) is 0 Å². The predicted octanol–water partition coefficient (Wildman–Crippen LogP) is 4.29. The van der Waals surface area contributed by atoms with E-state index in [2.05, 4.69) is 52.0 Å². The molecule has 2 aromatic heterocycles. The fourth-order valence-electron chi connectivity index (χ4n) is 3.51. The first-order chi connectivity index (χ1) is 12.8. The van der Waals surface area contributed by atoms with Crippen molar-refractivity contribution in [1.29, 1.82) is 0 Å². The largest absolute Gasteiger partial charge is 0.497 e. The zero-order valence-corrected chi connectivity index (χ0v) is 17.8. The molecule has 0 atom stereocenters. The van der Waals surface area contributed by atoms with Gasteiger partial charge in [-0.2, -0.15) is 0 Å². The third kappa shape index (κ3) is 4.49. The Balaban J connectivity index is 0.00000140. The number of methoxy groups -OCH3 is 1. The Labute approximate surface area is 178 Å². The number of hydrogen-bond acceptors (Lipinski definition) is 5. The molecule has 1 aliphatic rings. The fraction of sp³-hybridized carbons (Fsp3) is 0.333. The molecule has 0 amide bonds. The van der Waals surface area contributed by atoms with E-state index in [1.165, 1.54) is 10.8 Å². The highest BCUT2D eigenvalue weighted by Gasteiger charge is 2.20. The number of aromatic nitrogens is 2. The third-order valence-electron chi connectivity index (χ3n) is 5.07. The van der Waals surface area contributed by atoms with Gasteiger partial charge in [0.05, 0.1) is 18.5 Å². The first-order valence-corrected chi connectivity index (χ1v) is 9.16. The Morgan fingerprint density at radius 2 is 1.71 bits per heavy atom. The van der Waals surface area contributed by atoms with Crippen LogP contribution in [-0.4, -0.2) is 54.7 Å². The summed E-state index contributed by atoms with van der Waals surface area (Å²) in [7, 11) is 1.67. The second kappa shape index (κ2) is 9.92. The van der Waals surface area contributed by atoms with Crippen LogP contribution in [0.2, 0.25) is 0 Å². The van der Waals surface area contributed by atoms with Gasteiger partial charge in [0.2, 0.25) is 0 Å². The smallest absolute Gasteiger partial charge is 0.137 e. The van der Waals surface area contributed by atoms with Gasteiger partial charge in [0, 0.05) is 43.8 Å². The minimum atomic E-state index is 0. The van der Waals surface area contributed by atoms with E-state index in [-0.39, 0.29) is 24.8 Å². The molecule has 0 saturated carbocycles. The molecule has 3 aromatic rings. The monoisotopic (exact) mass is 420 g/mol. The maximum Gasteiger partial charge on any atom is 0.137 e. The Bertz CT molecular complexity index is 914. The molecule has 0 N–H and O–H groups in total. The summed E-state index contributed by atoms with van der Waals surface area (Å²) in [6, 6.07) is 14.4. The fourth-order valence-corrected chi connectivity index (χ4v) is 3.51. The molecule has 7 heteroatoms.